The summed E-state index contributed by atoms with van der Waals surface area (Å²) in [5, 5.41) is 6.78. The van der Waals surface area contributed by atoms with Gasteiger partial charge in [0.05, 0.1) is 6.04 Å². The van der Waals surface area contributed by atoms with Crippen LogP contribution in [0.3, 0.4) is 0 Å². The Balaban J connectivity index is 1.82. The van der Waals surface area contributed by atoms with Crippen molar-refractivity contribution < 1.29 is 18.0 Å². The predicted molar refractivity (Wildman–Crippen MR) is 105 cm³/mol. The van der Waals surface area contributed by atoms with Crippen molar-refractivity contribution in [2.75, 3.05) is 13.1 Å². The Morgan fingerprint density at radius 2 is 1.89 bits per heavy atom. The van der Waals surface area contributed by atoms with Gasteiger partial charge in [-0.2, -0.15) is 0 Å². The third-order valence-electron chi connectivity index (χ3n) is 4.26. The molecule has 1 aromatic rings. The number of thiophene rings is 1. The smallest absolute Gasteiger partial charge is 0.321 e. The van der Waals surface area contributed by atoms with Gasteiger partial charge in [0.1, 0.15) is 4.21 Å². The molecule has 27 heavy (non-hydrogen) atoms. The number of amides is 3. The average Bonchev–Trinajstić information content (AvgIpc) is 3.08. The van der Waals surface area contributed by atoms with Crippen LogP contribution in [0.1, 0.15) is 40.5 Å². The molecule has 1 aromatic heterocycles. The highest BCUT2D eigenvalue weighted by Crippen LogP contribution is 2.19. The van der Waals surface area contributed by atoms with Crippen molar-refractivity contribution in [1.29, 1.82) is 0 Å². The number of nitrogens with one attached hydrogen (secondary N) is 3. The Labute approximate surface area is 164 Å². The van der Waals surface area contributed by atoms with Crippen molar-refractivity contribution >= 4 is 33.3 Å². The Bertz CT molecular complexity index is 748. The van der Waals surface area contributed by atoms with E-state index in [2.05, 4.69) is 15.4 Å². The van der Waals surface area contributed by atoms with Crippen molar-refractivity contribution in [1.82, 2.24) is 20.3 Å². The van der Waals surface area contributed by atoms with E-state index in [1.165, 1.54) is 11.3 Å². The lowest BCUT2D eigenvalue weighted by molar-refractivity contribution is -0.125. The van der Waals surface area contributed by atoms with Gasteiger partial charge >= 0.3 is 6.03 Å². The van der Waals surface area contributed by atoms with E-state index in [-0.39, 0.29) is 11.9 Å². The zero-order chi connectivity index (χ0) is 20.2. The first-order valence-electron chi connectivity index (χ1n) is 8.91. The molecule has 0 radical (unpaired) electrons. The number of carbonyl (C=O) groups excluding carboxylic acids is 2. The largest absolute Gasteiger partial charge is 0.333 e. The van der Waals surface area contributed by atoms with Gasteiger partial charge in [0, 0.05) is 24.7 Å². The molecule has 2 rings (SSSR count). The maximum atomic E-state index is 12.3. The predicted octanol–water partition coefficient (Wildman–Crippen LogP) is 1.50. The molecule has 3 N–H and O–H groups in total. The summed E-state index contributed by atoms with van der Waals surface area (Å²) in [5.41, 5.74) is -0.425. The van der Waals surface area contributed by atoms with Crippen LogP contribution in [-0.2, 0) is 14.8 Å². The molecule has 1 unspecified atom stereocenters. The van der Waals surface area contributed by atoms with E-state index in [9.17, 15) is 18.0 Å². The molecule has 0 spiro atoms. The maximum Gasteiger partial charge on any atom is 0.321 e. The zero-order valence-corrected chi connectivity index (χ0v) is 17.7. The Morgan fingerprint density at radius 1 is 1.26 bits per heavy atom. The summed E-state index contributed by atoms with van der Waals surface area (Å²) >= 11 is 1.19. The number of piperidine rings is 1. The molecular formula is C17H28N4O4S2. The molecule has 152 valence electrons. The molecule has 0 aromatic carbocycles. The molecular weight excluding hydrogens is 388 g/mol. The summed E-state index contributed by atoms with van der Waals surface area (Å²) in [6.45, 7) is 8.41. The first-order chi connectivity index (χ1) is 12.5. The van der Waals surface area contributed by atoms with E-state index in [1.807, 2.05) is 25.7 Å². The van der Waals surface area contributed by atoms with Crippen LogP contribution in [0.25, 0.3) is 0 Å². The monoisotopic (exact) mass is 416 g/mol. The van der Waals surface area contributed by atoms with Gasteiger partial charge < -0.3 is 5.32 Å². The minimum atomic E-state index is -3.49. The van der Waals surface area contributed by atoms with Crippen molar-refractivity contribution in [2.24, 2.45) is 0 Å². The Kier molecular flexibility index (Phi) is 7.01. The first kappa shape index (κ1) is 21.8. The second kappa shape index (κ2) is 8.68. The second-order valence-electron chi connectivity index (χ2n) is 7.73. The molecule has 0 bridgehead atoms. The molecule has 10 heteroatoms. The van der Waals surface area contributed by atoms with Crippen molar-refractivity contribution in [2.45, 2.75) is 62.4 Å². The summed E-state index contributed by atoms with van der Waals surface area (Å²) < 4.78 is 27.6. The summed E-state index contributed by atoms with van der Waals surface area (Å²) in [5.74, 6) is -0.366. The van der Waals surface area contributed by atoms with Crippen LogP contribution in [0, 0.1) is 0 Å². The van der Waals surface area contributed by atoms with Gasteiger partial charge in [-0.15, -0.1) is 11.3 Å². The molecule has 2 heterocycles. The fourth-order valence-electron chi connectivity index (χ4n) is 2.85. The fraction of sp³-hybridized carbons (Fsp3) is 0.647. The first-order valence-corrected chi connectivity index (χ1v) is 11.3. The van der Waals surface area contributed by atoms with Gasteiger partial charge in [0.15, 0.2) is 0 Å². The average molecular weight is 417 g/mol. The number of nitrogens with zero attached hydrogens (tertiary/aromatic N) is 1. The number of hydrogen-bond donors (Lipinski definition) is 3. The number of sulfonamides is 1. The third-order valence-corrected chi connectivity index (χ3v) is 7.18. The number of hydrogen-bond acceptors (Lipinski definition) is 6. The standard InChI is InChI=1S/C17H28N4O4S2/c1-12(15(22)18-16(23)19-17(2,3)4)21-9-7-13(8-10-21)20-27(24,25)14-6-5-11-26-14/h5-6,11-13,20H,7-10H2,1-4H3,(H2,18,19,22,23). The van der Waals surface area contributed by atoms with Gasteiger partial charge in [0.25, 0.3) is 0 Å². The zero-order valence-electron chi connectivity index (χ0n) is 16.1. The van der Waals surface area contributed by atoms with E-state index in [4.69, 9.17) is 0 Å². The summed E-state index contributed by atoms with van der Waals surface area (Å²) in [6.07, 6.45) is 1.22. The van der Waals surface area contributed by atoms with E-state index in [1.54, 1.807) is 24.4 Å². The lowest BCUT2D eigenvalue weighted by atomic mass is 10.0. The van der Waals surface area contributed by atoms with Crippen LogP contribution in [0.2, 0.25) is 0 Å². The van der Waals surface area contributed by atoms with Crippen molar-refractivity contribution in [3.63, 3.8) is 0 Å². The summed E-state index contributed by atoms with van der Waals surface area (Å²) in [6, 6.07) is 2.14. The van der Waals surface area contributed by atoms with E-state index < -0.39 is 27.6 Å². The minimum Gasteiger partial charge on any atom is -0.333 e. The minimum absolute atomic E-state index is 0.159. The SMILES string of the molecule is CC(C(=O)NC(=O)NC(C)(C)C)N1CCC(NS(=O)(=O)c2cccs2)CC1. The summed E-state index contributed by atoms with van der Waals surface area (Å²) in [4.78, 5) is 26.1. The number of imide groups is 1. The molecule has 3 amide bonds. The highest BCUT2D eigenvalue weighted by Gasteiger charge is 2.30. The quantitative estimate of drug-likeness (QED) is 0.674. The van der Waals surface area contributed by atoms with E-state index in [0.717, 1.165) is 0 Å². The topological polar surface area (TPSA) is 108 Å². The highest BCUT2D eigenvalue weighted by molar-refractivity contribution is 7.91. The van der Waals surface area contributed by atoms with Crippen LogP contribution in [-0.4, -0.2) is 56.0 Å². The van der Waals surface area contributed by atoms with Crippen LogP contribution < -0.4 is 15.4 Å². The molecule has 0 aliphatic carbocycles. The van der Waals surface area contributed by atoms with Gasteiger partial charge in [-0.3, -0.25) is 15.0 Å². The van der Waals surface area contributed by atoms with Crippen molar-refractivity contribution in [3.05, 3.63) is 17.5 Å². The molecule has 1 saturated heterocycles. The molecule has 1 fully saturated rings. The van der Waals surface area contributed by atoms with Gasteiger partial charge in [-0.05, 0) is 52.0 Å². The van der Waals surface area contributed by atoms with E-state index >= 15 is 0 Å². The third kappa shape index (κ3) is 6.56. The Morgan fingerprint density at radius 3 is 2.41 bits per heavy atom. The number of likely N-dealkylation sites (tertiary alicyclic amines) is 1. The molecule has 0 saturated carbocycles. The second-order valence-corrected chi connectivity index (χ2v) is 10.6. The van der Waals surface area contributed by atoms with Gasteiger partial charge in [-0.25, -0.2) is 17.9 Å². The van der Waals surface area contributed by atoms with Crippen LogP contribution in [0.15, 0.2) is 21.7 Å². The number of rotatable bonds is 5. The lowest BCUT2D eigenvalue weighted by Crippen LogP contribution is -2.55. The molecule has 1 aliphatic rings. The lowest BCUT2D eigenvalue weighted by Gasteiger charge is -2.35. The van der Waals surface area contributed by atoms with Crippen LogP contribution in [0.5, 0.6) is 0 Å². The van der Waals surface area contributed by atoms with Gasteiger partial charge in [0.2, 0.25) is 15.9 Å². The number of carbonyl (C=O) groups is 2. The molecule has 1 atom stereocenters. The fourth-order valence-corrected chi connectivity index (χ4v) is 5.17. The Hall–Kier alpha value is -1.49. The summed E-state index contributed by atoms with van der Waals surface area (Å²) in [7, 11) is -3.49. The van der Waals surface area contributed by atoms with Crippen molar-refractivity contribution in [3.8, 4) is 0 Å². The van der Waals surface area contributed by atoms with Crippen LogP contribution in [0.4, 0.5) is 4.79 Å². The maximum absolute atomic E-state index is 12.3. The molecule has 1 aliphatic heterocycles. The van der Waals surface area contributed by atoms with Crippen LogP contribution >= 0.6 is 11.3 Å². The van der Waals surface area contributed by atoms with E-state index in [0.29, 0.717) is 30.1 Å². The molecule has 8 nitrogen and oxygen atoms in total. The normalized spacial score (nSPS) is 18.1. The highest BCUT2D eigenvalue weighted by atomic mass is 32.2. The van der Waals surface area contributed by atoms with Gasteiger partial charge in [-0.1, -0.05) is 6.07 Å². The number of urea groups is 1.